The second-order valence-corrected chi connectivity index (χ2v) is 4.15. The van der Waals surface area contributed by atoms with E-state index in [2.05, 4.69) is 5.32 Å². The fraction of sp³-hybridized carbons (Fsp3) is 0.0714. The quantitative estimate of drug-likeness (QED) is 0.647. The molecule has 0 spiro atoms. The van der Waals surface area contributed by atoms with E-state index in [0.29, 0.717) is 11.4 Å². The van der Waals surface area contributed by atoms with Crippen LogP contribution in [0.5, 0.6) is 5.75 Å². The molecule has 0 radical (unpaired) electrons. The summed E-state index contributed by atoms with van der Waals surface area (Å²) in [6, 6.07) is 10.6. The van der Waals surface area contributed by atoms with E-state index in [4.69, 9.17) is 9.84 Å². The van der Waals surface area contributed by atoms with Gasteiger partial charge in [-0.15, -0.1) is 0 Å². The smallest absolute Gasteiger partial charge is 0.335 e. The number of nitrogens with zero attached hydrogens (tertiary/aromatic N) is 1. The summed E-state index contributed by atoms with van der Waals surface area (Å²) in [6.45, 7) is 0. The molecule has 2 N–H and O–H groups in total. The molecule has 0 aliphatic carbocycles. The second kappa shape index (κ2) is 5.91. The van der Waals surface area contributed by atoms with Crippen LogP contribution in [0.4, 0.5) is 17.1 Å². The van der Waals surface area contributed by atoms with Crippen molar-refractivity contribution in [3.8, 4) is 5.75 Å². The molecule has 0 fully saturated rings. The Morgan fingerprint density at radius 2 is 1.95 bits per heavy atom. The number of nitro groups is 1. The summed E-state index contributed by atoms with van der Waals surface area (Å²) in [7, 11) is 1.34. The number of carboxylic acid groups (broad SMARTS) is 1. The van der Waals surface area contributed by atoms with Crippen molar-refractivity contribution < 1.29 is 19.6 Å². The normalized spacial score (nSPS) is 9.95. The zero-order chi connectivity index (χ0) is 15.4. The number of carbonyl (C=O) groups is 1. The SMILES string of the molecule is COc1cc(Nc2cccc(C(=O)O)c2)ccc1[N+](=O)[O-]. The molecule has 2 aromatic carbocycles. The third kappa shape index (κ3) is 3.27. The first-order chi connectivity index (χ1) is 10.0. The van der Waals surface area contributed by atoms with Crippen LogP contribution in [0.3, 0.4) is 0 Å². The number of anilines is 2. The van der Waals surface area contributed by atoms with Gasteiger partial charge in [-0.3, -0.25) is 10.1 Å². The van der Waals surface area contributed by atoms with Crippen molar-refractivity contribution in [2.45, 2.75) is 0 Å². The Hall–Kier alpha value is -3.09. The minimum atomic E-state index is -1.03. The van der Waals surface area contributed by atoms with Gasteiger partial charge >= 0.3 is 11.7 Å². The molecule has 0 amide bonds. The summed E-state index contributed by atoms with van der Waals surface area (Å²) in [5.74, 6) is -0.903. The molecule has 7 nitrogen and oxygen atoms in total. The predicted octanol–water partition coefficient (Wildman–Crippen LogP) is 3.05. The van der Waals surface area contributed by atoms with Gasteiger partial charge in [0.15, 0.2) is 5.75 Å². The highest BCUT2D eigenvalue weighted by atomic mass is 16.6. The number of hydrogen-bond donors (Lipinski definition) is 2. The highest BCUT2D eigenvalue weighted by molar-refractivity contribution is 5.89. The number of benzene rings is 2. The first-order valence-corrected chi connectivity index (χ1v) is 5.94. The van der Waals surface area contributed by atoms with Crippen molar-refractivity contribution in [3.63, 3.8) is 0 Å². The Morgan fingerprint density at radius 1 is 1.24 bits per heavy atom. The highest BCUT2D eigenvalue weighted by Crippen LogP contribution is 2.31. The molecule has 0 aromatic heterocycles. The Kier molecular flexibility index (Phi) is 4.03. The summed E-state index contributed by atoms with van der Waals surface area (Å²) in [6.07, 6.45) is 0. The molecule has 7 heteroatoms. The maximum atomic E-state index is 10.9. The Morgan fingerprint density at radius 3 is 2.57 bits per heavy atom. The van der Waals surface area contributed by atoms with E-state index in [1.54, 1.807) is 12.1 Å². The number of methoxy groups -OCH3 is 1. The van der Waals surface area contributed by atoms with E-state index in [1.807, 2.05) is 0 Å². The topological polar surface area (TPSA) is 102 Å². The van der Waals surface area contributed by atoms with E-state index < -0.39 is 10.9 Å². The lowest BCUT2D eigenvalue weighted by molar-refractivity contribution is -0.385. The fourth-order valence-electron chi connectivity index (χ4n) is 1.80. The monoisotopic (exact) mass is 288 g/mol. The van der Waals surface area contributed by atoms with Crippen molar-refractivity contribution in [3.05, 3.63) is 58.1 Å². The summed E-state index contributed by atoms with van der Waals surface area (Å²) >= 11 is 0. The third-order valence-electron chi connectivity index (χ3n) is 2.77. The molecule has 0 bridgehead atoms. The van der Waals surface area contributed by atoms with Crippen molar-refractivity contribution in [1.82, 2.24) is 0 Å². The Balaban J connectivity index is 2.29. The van der Waals surface area contributed by atoms with Gasteiger partial charge < -0.3 is 15.2 Å². The minimum absolute atomic E-state index is 0.124. The molecule has 108 valence electrons. The first kappa shape index (κ1) is 14.3. The summed E-state index contributed by atoms with van der Waals surface area (Å²) < 4.78 is 4.97. The number of ether oxygens (including phenoxy) is 1. The van der Waals surface area contributed by atoms with Crippen LogP contribution < -0.4 is 10.1 Å². The zero-order valence-corrected chi connectivity index (χ0v) is 11.1. The highest BCUT2D eigenvalue weighted by Gasteiger charge is 2.14. The maximum absolute atomic E-state index is 10.9. The van der Waals surface area contributed by atoms with E-state index in [-0.39, 0.29) is 17.0 Å². The van der Waals surface area contributed by atoms with Crippen molar-refractivity contribution >= 4 is 23.0 Å². The number of nitro benzene ring substituents is 1. The number of hydrogen-bond acceptors (Lipinski definition) is 5. The Bertz CT molecular complexity index is 700. The summed E-state index contributed by atoms with van der Waals surface area (Å²) in [5, 5.41) is 22.7. The summed E-state index contributed by atoms with van der Waals surface area (Å²) in [4.78, 5) is 21.2. The number of rotatable bonds is 5. The molecular weight excluding hydrogens is 276 g/mol. The molecule has 0 saturated carbocycles. The van der Waals surface area contributed by atoms with Crippen LogP contribution >= 0.6 is 0 Å². The number of nitrogens with one attached hydrogen (secondary N) is 1. The average Bonchev–Trinajstić information content (AvgIpc) is 2.47. The van der Waals surface area contributed by atoms with Crippen LogP contribution in [-0.4, -0.2) is 23.1 Å². The van der Waals surface area contributed by atoms with Gasteiger partial charge in [-0.2, -0.15) is 0 Å². The van der Waals surface area contributed by atoms with Crippen molar-refractivity contribution in [2.75, 3.05) is 12.4 Å². The van der Waals surface area contributed by atoms with Crippen LogP contribution in [0.25, 0.3) is 0 Å². The van der Waals surface area contributed by atoms with Crippen LogP contribution in [-0.2, 0) is 0 Å². The van der Waals surface area contributed by atoms with Crippen molar-refractivity contribution in [1.29, 1.82) is 0 Å². The van der Waals surface area contributed by atoms with Gasteiger partial charge in [0.2, 0.25) is 0 Å². The number of aromatic carboxylic acids is 1. The minimum Gasteiger partial charge on any atom is -0.490 e. The van der Waals surface area contributed by atoms with Crippen LogP contribution in [0.2, 0.25) is 0 Å². The van der Waals surface area contributed by atoms with E-state index in [9.17, 15) is 14.9 Å². The lowest BCUT2D eigenvalue weighted by atomic mass is 10.2. The largest absolute Gasteiger partial charge is 0.490 e. The molecule has 0 saturated heterocycles. The standard InChI is InChI=1S/C14H12N2O5/c1-21-13-8-11(5-6-12(13)16(19)20)15-10-4-2-3-9(7-10)14(17)18/h2-8,15H,1H3,(H,17,18). The van der Waals surface area contributed by atoms with Crippen molar-refractivity contribution in [2.24, 2.45) is 0 Å². The van der Waals surface area contributed by atoms with Gasteiger partial charge in [0.25, 0.3) is 0 Å². The van der Waals surface area contributed by atoms with E-state index >= 15 is 0 Å². The van der Waals surface area contributed by atoms with Crippen LogP contribution in [0.1, 0.15) is 10.4 Å². The number of carboxylic acids is 1. The van der Waals surface area contributed by atoms with Gasteiger partial charge in [-0.05, 0) is 24.3 Å². The fourth-order valence-corrected chi connectivity index (χ4v) is 1.80. The molecule has 21 heavy (non-hydrogen) atoms. The molecule has 2 aromatic rings. The summed E-state index contributed by atoms with van der Waals surface area (Å²) in [5.41, 5.74) is 1.13. The van der Waals surface area contributed by atoms with Crippen LogP contribution in [0.15, 0.2) is 42.5 Å². The van der Waals surface area contributed by atoms with Gasteiger partial charge in [-0.25, -0.2) is 4.79 Å². The molecule has 0 aliphatic rings. The van der Waals surface area contributed by atoms with E-state index in [1.165, 1.54) is 37.4 Å². The second-order valence-electron chi connectivity index (χ2n) is 4.15. The molecule has 0 heterocycles. The Labute approximate surface area is 119 Å². The van der Waals surface area contributed by atoms with Gasteiger partial charge in [0.1, 0.15) is 0 Å². The molecule has 0 unspecified atom stereocenters. The zero-order valence-electron chi connectivity index (χ0n) is 11.1. The predicted molar refractivity (Wildman–Crippen MR) is 76.3 cm³/mol. The third-order valence-corrected chi connectivity index (χ3v) is 2.77. The van der Waals surface area contributed by atoms with Gasteiger partial charge in [0.05, 0.1) is 17.6 Å². The maximum Gasteiger partial charge on any atom is 0.335 e. The molecule has 0 aliphatic heterocycles. The first-order valence-electron chi connectivity index (χ1n) is 5.94. The molecule has 2 rings (SSSR count). The molecular formula is C14H12N2O5. The molecule has 0 atom stereocenters. The lowest BCUT2D eigenvalue weighted by Crippen LogP contribution is -1.99. The van der Waals surface area contributed by atoms with Gasteiger partial charge in [0, 0.05) is 23.5 Å². The van der Waals surface area contributed by atoms with Crippen LogP contribution in [0, 0.1) is 10.1 Å². The van der Waals surface area contributed by atoms with E-state index in [0.717, 1.165) is 0 Å². The van der Waals surface area contributed by atoms with Gasteiger partial charge in [-0.1, -0.05) is 6.07 Å². The average molecular weight is 288 g/mol. The lowest BCUT2D eigenvalue weighted by Gasteiger charge is -2.09.